The lowest BCUT2D eigenvalue weighted by atomic mass is 9.99. The lowest BCUT2D eigenvalue weighted by Crippen LogP contribution is -2.52. The molecule has 0 bridgehead atoms. The average molecular weight is 282 g/mol. The lowest BCUT2D eigenvalue weighted by Gasteiger charge is -2.25. The van der Waals surface area contributed by atoms with E-state index in [0.29, 0.717) is 5.56 Å². The van der Waals surface area contributed by atoms with Crippen molar-refractivity contribution < 1.29 is 18.3 Å². The van der Waals surface area contributed by atoms with Crippen LogP contribution < -0.4 is 4.72 Å². The third-order valence-electron chi connectivity index (χ3n) is 3.00. The molecule has 1 aromatic heterocycles. The van der Waals surface area contributed by atoms with Crippen LogP contribution in [-0.2, 0) is 14.8 Å². The number of carboxylic acid groups (broad SMARTS) is 1. The summed E-state index contributed by atoms with van der Waals surface area (Å²) in [6.07, 6.45) is 6.33. The van der Waals surface area contributed by atoms with Crippen LogP contribution >= 0.6 is 0 Å². The maximum Gasteiger partial charge on any atom is 0.325 e. The number of sulfonamides is 1. The maximum absolute atomic E-state index is 12.2. The zero-order valence-corrected chi connectivity index (χ0v) is 11.1. The second-order valence-corrected chi connectivity index (χ2v) is 6.25. The van der Waals surface area contributed by atoms with Gasteiger partial charge in [0.05, 0.1) is 0 Å². The molecule has 1 aromatic rings. The Bertz CT molecular complexity index is 629. The van der Waals surface area contributed by atoms with Gasteiger partial charge in [-0.3, -0.25) is 9.78 Å². The number of hydrogen-bond acceptors (Lipinski definition) is 4. The third-order valence-corrected chi connectivity index (χ3v) is 4.50. The minimum absolute atomic E-state index is 0.0278. The molecule has 1 aliphatic rings. The number of rotatable bonds is 4. The Labute approximate surface area is 111 Å². The van der Waals surface area contributed by atoms with Crippen molar-refractivity contribution in [2.45, 2.75) is 30.2 Å². The Balaban J connectivity index is 2.34. The second-order valence-electron chi connectivity index (χ2n) is 4.57. The molecular formula is C12H14N2O4S. The van der Waals surface area contributed by atoms with Gasteiger partial charge in [0.25, 0.3) is 0 Å². The van der Waals surface area contributed by atoms with Crippen LogP contribution in [-0.4, -0.2) is 30.0 Å². The molecule has 0 saturated heterocycles. The monoisotopic (exact) mass is 282 g/mol. The zero-order valence-electron chi connectivity index (χ0n) is 10.3. The number of hydrogen-bond donors (Lipinski definition) is 2. The predicted octanol–water partition coefficient (Wildman–Crippen LogP) is 0.842. The van der Waals surface area contributed by atoms with E-state index in [2.05, 4.69) is 9.71 Å². The fourth-order valence-electron chi connectivity index (χ4n) is 1.94. The molecule has 6 nitrogen and oxygen atoms in total. The summed E-state index contributed by atoms with van der Waals surface area (Å²) < 4.78 is 26.7. The van der Waals surface area contributed by atoms with E-state index in [-0.39, 0.29) is 17.7 Å². The Morgan fingerprint density at radius 3 is 2.53 bits per heavy atom. The summed E-state index contributed by atoms with van der Waals surface area (Å²) in [5.74, 6) is -1.18. The summed E-state index contributed by atoms with van der Waals surface area (Å²) in [7, 11) is -3.90. The van der Waals surface area contributed by atoms with Crippen molar-refractivity contribution in [1.82, 2.24) is 9.71 Å². The molecule has 102 valence electrons. The van der Waals surface area contributed by atoms with E-state index in [1.807, 2.05) is 0 Å². The number of carbonyl (C=O) groups is 1. The molecule has 0 spiro atoms. The van der Waals surface area contributed by atoms with Crippen LogP contribution in [0.5, 0.6) is 0 Å². The van der Waals surface area contributed by atoms with E-state index in [0.717, 1.165) is 0 Å². The summed E-state index contributed by atoms with van der Waals surface area (Å²) in [6, 6.07) is 1.45. The number of aryl methyl sites for hydroxylation is 1. The molecule has 0 aromatic carbocycles. The van der Waals surface area contributed by atoms with E-state index in [4.69, 9.17) is 0 Å². The molecule has 0 unspecified atom stereocenters. The normalized spacial score (nSPS) is 17.5. The van der Waals surface area contributed by atoms with Crippen molar-refractivity contribution in [1.29, 1.82) is 0 Å². The molecule has 2 N–H and O–H groups in total. The molecule has 0 amide bonds. The van der Waals surface area contributed by atoms with Gasteiger partial charge in [-0.25, -0.2) is 8.42 Å². The topological polar surface area (TPSA) is 96.4 Å². The fourth-order valence-corrected chi connectivity index (χ4v) is 3.37. The highest BCUT2D eigenvalue weighted by molar-refractivity contribution is 7.89. The van der Waals surface area contributed by atoms with Gasteiger partial charge >= 0.3 is 5.97 Å². The van der Waals surface area contributed by atoms with Gasteiger partial charge in [0.2, 0.25) is 10.0 Å². The first-order valence-corrected chi connectivity index (χ1v) is 7.18. The first kappa shape index (κ1) is 13.7. The third kappa shape index (κ3) is 2.66. The summed E-state index contributed by atoms with van der Waals surface area (Å²) in [5.41, 5.74) is -0.792. The SMILES string of the molecule is Cc1cncc(S(=O)(=O)NC2(C(=O)O)CC=CC2)c1. The molecule has 0 fully saturated rings. The van der Waals surface area contributed by atoms with E-state index in [1.165, 1.54) is 18.5 Å². The molecule has 0 saturated carbocycles. The van der Waals surface area contributed by atoms with Gasteiger partial charge in [-0.2, -0.15) is 4.72 Å². The van der Waals surface area contributed by atoms with Crippen molar-refractivity contribution in [3.05, 3.63) is 36.2 Å². The van der Waals surface area contributed by atoms with Gasteiger partial charge < -0.3 is 5.11 Å². The zero-order chi connectivity index (χ0) is 14.1. The van der Waals surface area contributed by atoms with Crippen LogP contribution in [0.2, 0.25) is 0 Å². The number of carboxylic acids is 1. The maximum atomic E-state index is 12.2. The van der Waals surface area contributed by atoms with Crippen molar-refractivity contribution in [3.8, 4) is 0 Å². The number of nitrogens with one attached hydrogen (secondary N) is 1. The quantitative estimate of drug-likeness (QED) is 0.798. The Kier molecular flexibility index (Phi) is 3.42. The van der Waals surface area contributed by atoms with Crippen molar-refractivity contribution >= 4 is 16.0 Å². The molecule has 0 atom stereocenters. The average Bonchev–Trinajstić information content (AvgIpc) is 2.78. The highest BCUT2D eigenvalue weighted by Crippen LogP contribution is 2.26. The first-order chi connectivity index (χ1) is 8.86. The van der Waals surface area contributed by atoms with Gasteiger partial charge in [-0.15, -0.1) is 0 Å². The van der Waals surface area contributed by atoms with Gasteiger partial charge in [0, 0.05) is 12.4 Å². The minimum atomic E-state index is -3.90. The highest BCUT2D eigenvalue weighted by Gasteiger charge is 2.42. The first-order valence-electron chi connectivity index (χ1n) is 5.70. The van der Waals surface area contributed by atoms with Crippen LogP contribution in [0, 0.1) is 6.92 Å². The van der Waals surface area contributed by atoms with E-state index >= 15 is 0 Å². The Hall–Kier alpha value is -1.73. The molecule has 1 aliphatic carbocycles. The molecule has 19 heavy (non-hydrogen) atoms. The Morgan fingerprint density at radius 2 is 2.00 bits per heavy atom. The standard InChI is InChI=1S/C12H14N2O4S/c1-9-6-10(8-13-7-9)19(17,18)14-12(11(15)16)4-2-3-5-12/h2-3,6-8,14H,4-5H2,1H3,(H,15,16). The minimum Gasteiger partial charge on any atom is -0.480 e. The van der Waals surface area contributed by atoms with Crippen LogP contribution in [0.1, 0.15) is 18.4 Å². The van der Waals surface area contributed by atoms with Crippen LogP contribution in [0.25, 0.3) is 0 Å². The van der Waals surface area contributed by atoms with E-state index < -0.39 is 21.5 Å². The summed E-state index contributed by atoms with van der Waals surface area (Å²) in [5, 5.41) is 9.25. The largest absolute Gasteiger partial charge is 0.480 e. The molecule has 0 radical (unpaired) electrons. The summed E-state index contributed by atoms with van der Waals surface area (Å²) in [4.78, 5) is 15.1. The highest BCUT2D eigenvalue weighted by atomic mass is 32.2. The molecular weight excluding hydrogens is 268 g/mol. The second kappa shape index (κ2) is 4.75. The van der Waals surface area contributed by atoms with Gasteiger partial charge in [0.1, 0.15) is 10.4 Å². The van der Waals surface area contributed by atoms with E-state index in [9.17, 15) is 18.3 Å². The molecule has 0 aliphatic heterocycles. The van der Waals surface area contributed by atoms with Gasteiger partial charge in [-0.05, 0) is 31.4 Å². The Morgan fingerprint density at radius 1 is 1.37 bits per heavy atom. The molecule has 7 heteroatoms. The summed E-state index contributed by atoms with van der Waals surface area (Å²) in [6.45, 7) is 1.72. The van der Waals surface area contributed by atoms with Crippen molar-refractivity contribution in [3.63, 3.8) is 0 Å². The van der Waals surface area contributed by atoms with Gasteiger partial charge in [-0.1, -0.05) is 12.2 Å². The molecule has 1 heterocycles. The van der Waals surface area contributed by atoms with Crippen LogP contribution in [0.4, 0.5) is 0 Å². The van der Waals surface area contributed by atoms with E-state index in [1.54, 1.807) is 19.1 Å². The van der Waals surface area contributed by atoms with Crippen molar-refractivity contribution in [2.75, 3.05) is 0 Å². The van der Waals surface area contributed by atoms with Crippen LogP contribution in [0.3, 0.4) is 0 Å². The smallest absolute Gasteiger partial charge is 0.325 e. The predicted molar refractivity (Wildman–Crippen MR) is 68.0 cm³/mol. The molecule has 2 rings (SSSR count). The van der Waals surface area contributed by atoms with Crippen LogP contribution in [0.15, 0.2) is 35.5 Å². The summed E-state index contributed by atoms with van der Waals surface area (Å²) >= 11 is 0. The number of aliphatic carboxylic acids is 1. The number of aromatic nitrogens is 1. The fraction of sp³-hybridized carbons (Fsp3) is 0.333. The number of nitrogens with zero attached hydrogens (tertiary/aromatic N) is 1. The van der Waals surface area contributed by atoms with Crippen molar-refractivity contribution in [2.24, 2.45) is 0 Å². The van der Waals surface area contributed by atoms with Gasteiger partial charge in [0.15, 0.2) is 0 Å². The lowest BCUT2D eigenvalue weighted by molar-refractivity contribution is -0.143. The number of pyridine rings is 1.